The Balaban J connectivity index is 2.34. The summed E-state index contributed by atoms with van der Waals surface area (Å²) in [7, 11) is 1.59. The molecule has 0 fully saturated rings. The number of unbranched alkanes of at least 4 members (excludes halogenated alkanes) is 1. The van der Waals surface area contributed by atoms with E-state index in [1.165, 1.54) is 0 Å². The molecule has 0 spiro atoms. The van der Waals surface area contributed by atoms with Crippen LogP contribution >= 0.6 is 0 Å². The van der Waals surface area contributed by atoms with Gasteiger partial charge in [-0.15, -0.1) is 0 Å². The molecule has 25 heavy (non-hydrogen) atoms. The predicted molar refractivity (Wildman–Crippen MR) is 103 cm³/mol. The van der Waals surface area contributed by atoms with Gasteiger partial charge in [-0.3, -0.25) is 4.79 Å². The molecule has 0 aliphatic carbocycles. The van der Waals surface area contributed by atoms with Gasteiger partial charge in [0.05, 0.1) is 6.10 Å². The number of fused-ring (bicyclic) bond motifs is 1. The Morgan fingerprint density at radius 2 is 1.84 bits per heavy atom. The van der Waals surface area contributed by atoms with Gasteiger partial charge in [-0.25, -0.2) is 0 Å². The highest BCUT2D eigenvalue weighted by molar-refractivity contribution is 6.06. The van der Waals surface area contributed by atoms with Crippen molar-refractivity contribution < 1.29 is 14.3 Å². The van der Waals surface area contributed by atoms with Crippen molar-refractivity contribution in [1.29, 1.82) is 0 Å². The van der Waals surface area contributed by atoms with Crippen molar-refractivity contribution in [3.8, 4) is 5.75 Å². The van der Waals surface area contributed by atoms with Crippen LogP contribution in [0.4, 0.5) is 5.69 Å². The molecule has 2 rings (SSSR count). The third-order valence-electron chi connectivity index (χ3n) is 4.43. The molecule has 0 radical (unpaired) electrons. The molecule has 0 bridgehead atoms. The normalized spacial score (nSPS) is 13.7. The lowest BCUT2D eigenvalue weighted by Gasteiger charge is -2.27. The van der Waals surface area contributed by atoms with E-state index >= 15 is 0 Å². The predicted octanol–water partition coefficient (Wildman–Crippen LogP) is 5.16. The van der Waals surface area contributed by atoms with E-state index < -0.39 is 5.60 Å². The summed E-state index contributed by atoms with van der Waals surface area (Å²) in [4.78, 5) is 12.8. The number of rotatable bonds is 8. The van der Waals surface area contributed by atoms with Crippen LogP contribution in [0.5, 0.6) is 5.75 Å². The first-order valence-electron chi connectivity index (χ1n) is 8.96. The number of hydrogen-bond donors (Lipinski definition) is 1. The second-order valence-corrected chi connectivity index (χ2v) is 6.82. The van der Waals surface area contributed by atoms with Crippen LogP contribution in [-0.2, 0) is 9.53 Å². The topological polar surface area (TPSA) is 47.6 Å². The molecule has 0 aliphatic rings. The summed E-state index contributed by atoms with van der Waals surface area (Å²) in [6.07, 6.45) is 2.75. The first-order valence-corrected chi connectivity index (χ1v) is 8.96. The van der Waals surface area contributed by atoms with Crippen LogP contribution in [-0.4, -0.2) is 24.7 Å². The van der Waals surface area contributed by atoms with Gasteiger partial charge in [0.25, 0.3) is 5.91 Å². The number of carbonyl (C=O) groups is 1. The molecule has 1 N–H and O–H groups in total. The highest BCUT2D eigenvalue weighted by atomic mass is 16.5. The lowest BCUT2D eigenvalue weighted by molar-refractivity contribution is -0.136. The molecule has 0 saturated carbocycles. The lowest BCUT2D eigenvalue weighted by atomic mass is 9.97. The number of methoxy groups -OCH3 is 1. The Hall–Kier alpha value is -2.07. The summed E-state index contributed by atoms with van der Waals surface area (Å²) in [5, 5.41) is 5.00. The zero-order valence-electron chi connectivity index (χ0n) is 15.9. The highest BCUT2D eigenvalue weighted by Gasteiger charge is 2.32. The molecule has 0 aliphatic heterocycles. The molecule has 136 valence electrons. The van der Waals surface area contributed by atoms with E-state index in [1.807, 2.05) is 57.2 Å². The maximum Gasteiger partial charge on any atom is 0.256 e. The van der Waals surface area contributed by atoms with Crippen LogP contribution in [0.15, 0.2) is 36.4 Å². The number of anilines is 1. The molecule has 4 heteroatoms. The van der Waals surface area contributed by atoms with Crippen LogP contribution < -0.4 is 10.1 Å². The fourth-order valence-electron chi connectivity index (χ4n) is 2.81. The molecule has 0 saturated heterocycles. The minimum absolute atomic E-state index is 0.0923. The summed E-state index contributed by atoms with van der Waals surface area (Å²) in [6, 6.07) is 11.7. The number of ether oxygens (including phenoxy) is 2. The van der Waals surface area contributed by atoms with Crippen molar-refractivity contribution in [1.82, 2.24) is 0 Å². The molecular formula is C21H29NO3. The van der Waals surface area contributed by atoms with Crippen molar-refractivity contribution >= 4 is 22.4 Å². The monoisotopic (exact) mass is 343 g/mol. The van der Waals surface area contributed by atoms with Crippen molar-refractivity contribution in [3.05, 3.63) is 36.4 Å². The smallest absolute Gasteiger partial charge is 0.256 e. The highest BCUT2D eigenvalue weighted by Crippen LogP contribution is 2.33. The van der Waals surface area contributed by atoms with Gasteiger partial charge in [-0.2, -0.15) is 0 Å². The third-order valence-corrected chi connectivity index (χ3v) is 4.43. The summed E-state index contributed by atoms with van der Waals surface area (Å²) in [6.45, 7) is 7.95. The van der Waals surface area contributed by atoms with Gasteiger partial charge in [0.2, 0.25) is 0 Å². The number of hydrogen-bond acceptors (Lipinski definition) is 3. The zero-order valence-corrected chi connectivity index (χ0v) is 15.9. The zero-order chi connectivity index (χ0) is 18.4. The SMILES string of the molecule is CCCC[C@@](C)(OC)C(=O)Nc1ccc(OC(C)C)c2ccccc12. The van der Waals surface area contributed by atoms with Crippen molar-refractivity contribution in [2.45, 2.75) is 58.7 Å². The Morgan fingerprint density at radius 3 is 2.44 bits per heavy atom. The van der Waals surface area contributed by atoms with E-state index in [1.54, 1.807) is 7.11 Å². The average molecular weight is 343 g/mol. The van der Waals surface area contributed by atoms with Crippen LogP contribution in [0, 0.1) is 0 Å². The van der Waals surface area contributed by atoms with E-state index in [0.29, 0.717) is 6.42 Å². The van der Waals surface area contributed by atoms with Crippen LogP contribution in [0.2, 0.25) is 0 Å². The van der Waals surface area contributed by atoms with E-state index in [0.717, 1.165) is 35.1 Å². The fourth-order valence-corrected chi connectivity index (χ4v) is 2.81. The minimum atomic E-state index is -0.829. The molecule has 1 atom stereocenters. The number of benzene rings is 2. The molecule has 2 aromatic rings. The number of amides is 1. The van der Waals surface area contributed by atoms with Crippen molar-refractivity contribution in [2.24, 2.45) is 0 Å². The Bertz CT molecular complexity index is 726. The summed E-state index contributed by atoms with van der Waals surface area (Å²) >= 11 is 0. The lowest BCUT2D eigenvalue weighted by Crippen LogP contribution is -2.42. The van der Waals surface area contributed by atoms with Gasteiger partial charge in [0, 0.05) is 23.6 Å². The van der Waals surface area contributed by atoms with Crippen LogP contribution in [0.1, 0.15) is 47.0 Å². The largest absolute Gasteiger partial charge is 0.490 e. The maximum atomic E-state index is 12.8. The van der Waals surface area contributed by atoms with Gasteiger partial charge in [-0.05, 0) is 39.3 Å². The minimum Gasteiger partial charge on any atom is -0.490 e. The van der Waals surface area contributed by atoms with Gasteiger partial charge in [0.15, 0.2) is 0 Å². The summed E-state index contributed by atoms with van der Waals surface area (Å²) in [5.41, 5.74) is -0.0546. The Labute approximate surface area is 150 Å². The van der Waals surface area contributed by atoms with Gasteiger partial charge in [-0.1, -0.05) is 44.0 Å². The van der Waals surface area contributed by atoms with E-state index in [9.17, 15) is 4.79 Å². The maximum absolute atomic E-state index is 12.8. The molecule has 0 aromatic heterocycles. The Morgan fingerprint density at radius 1 is 1.16 bits per heavy atom. The molecule has 2 aromatic carbocycles. The van der Waals surface area contributed by atoms with Crippen LogP contribution in [0.25, 0.3) is 10.8 Å². The van der Waals surface area contributed by atoms with Crippen molar-refractivity contribution in [3.63, 3.8) is 0 Å². The molecule has 4 nitrogen and oxygen atoms in total. The van der Waals surface area contributed by atoms with Gasteiger partial charge in [0.1, 0.15) is 11.4 Å². The first kappa shape index (κ1) is 19.3. The first-order chi connectivity index (χ1) is 11.9. The molecular weight excluding hydrogens is 314 g/mol. The second-order valence-electron chi connectivity index (χ2n) is 6.82. The van der Waals surface area contributed by atoms with E-state index in [4.69, 9.17) is 9.47 Å². The molecule has 1 amide bonds. The molecule has 0 heterocycles. The quantitative estimate of drug-likeness (QED) is 0.720. The van der Waals surface area contributed by atoms with Gasteiger partial charge >= 0.3 is 0 Å². The van der Waals surface area contributed by atoms with Crippen molar-refractivity contribution in [2.75, 3.05) is 12.4 Å². The van der Waals surface area contributed by atoms with Gasteiger partial charge < -0.3 is 14.8 Å². The second kappa shape index (κ2) is 8.34. The van der Waals surface area contributed by atoms with E-state index in [-0.39, 0.29) is 12.0 Å². The van der Waals surface area contributed by atoms with Crippen LogP contribution in [0.3, 0.4) is 0 Å². The molecule has 0 unspecified atom stereocenters. The summed E-state index contributed by atoms with van der Waals surface area (Å²) in [5.74, 6) is 0.704. The number of nitrogens with one attached hydrogen (secondary N) is 1. The Kier molecular flexibility index (Phi) is 6.43. The summed E-state index contributed by atoms with van der Waals surface area (Å²) < 4.78 is 11.4. The van der Waals surface area contributed by atoms with E-state index in [2.05, 4.69) is 12.2 Å². The third kappa shape index (κ3) is 4.51. The average Bonchev–Trinajstić information content (AvgIpc) is 2.61. The fraction of sp³-hybridized carbons (Fsp3) is 0.476. The number of carbonyl (C=O) groups excluding carboxylic acids is 1. The standard InChI is InChI=1S/C21H29NO3/c1-6-7-14-21(4,24-5)20(23)22-18-12-13-19(25-15(2)3)17-11-9-8-10-16(17)18/h8-13,15H,6-7,14H2,1-5H3,(H,22,23)/t21-/m1/s1.